The van der Waals surface area contributed by atoms with E-state index in [1.54, 1.807) is 0 Å². The number of carbonyl (C=O) groups is 1. The number of benzene rings is 1. The second-order valence-corrected chi connectivity index (χ2v) is 5.76. The van der Waals surface area contributed by atoms with Gasteiger partial charge >= 0.3 is 0 Å². The fraction of sp³-hybridized carbons (Fsp3) is 0.462. The average molecular weight is 335 g/mol. The topological polar surface area (TPSA) is 38.3 Å². The van der Waals surface area contributed by atoms with Gasteiger partial charge in [0.05, 0.1) is 12.0 Å². The van der Waals surface area contributed by atoms with Gasteiger partial charge in [-0.3, -0.25) is 4.79 Å². The van der Waals surface area contributed by atoms with Crippen molar-refractivity contribution in [3.05, 3.63) is 28.7 Å². The van der Waals surface area contributed by atoms with Crippen molar-refractivity contribution in [3.63, 3.8) is 0 Å². The van der Waals surface area contributed by atoms with Crippen molar-refractivity contribution in [1.82, 2.24) is 5.32 Å². The quantitative estimate of drug-likeness (QED) is 0.641. The molecule has 0 unspecified atom stereocenters. The van der Waals surface area contributed by atoms with Gasteiger partial charge in [-0.05, 0) is 38.1 Å². The Labute approximate surface area is 121 Å². The lowest BCUT2D eigenvalue weighted by Gasteiger charge is -2.20. The van der Waals surface area contributed by atoms with Crippen LogP contribution < -0.4 is 10.1 Å². The minimum atomic E-state index is -0.542. The van der Waals surface area contributed by atoms with Crippen LogP contribution in [0.1, 0.15) is 13.8 Å². The molecule has 0 aliphatic heterocycles. The van der Waals surface area contributed by atoms with Crippen LogP contribution in [0.3, 0.4) is 0 Å². The maximum Gasteiger partial charge on any atom is 0.226 e. The third-order valence-electron chi connectivity index (χ3n) is 2.42. The fourth-order valence-electron chi connectivity index (χ4n) is 1.16. The number of nitrogens with one attached hydrogen (secondary N) is 1. The first-order valence-electron chi connectivity index (χ1n) is 5.68. The molecular weight excluding hydrogens is 318 g/mol. The fourth-order valence-corrected chi connectivity index (χ4v) is 1.55. The summed E-state index contributed by atoms with van der Waals surface area (Å²) in [5, 5.41) is 2.80. The molecule has 1 N–H and O–H groups in total. The Hall–Kier alpha value is -0.740. The molecule has 5 heteroatoms. The van der Waals surface area contributed by atoms with Crippen molar-refractivity contribution in [2.24, 2.45) is 5.41 Å². The van der Waals surface area contributed by atoms with Gasteiger partial charge in [0, 0.05) is 10.4 Å². The van der Waals surface area contributed by atoms with E-state index < -0.39 is 5.41 Å². The number of amides is 1. The number of carbonyl (C=O) groups excluding carboxylic acids is 1. The molecule has 0 aromatic heterocycles. The van der Waals surface area contributed by atoms with Gasteiger partial charge < -0.3 is 10.1 Å². The first-order chi connectivity index (χ1) is 8.45. The van der Waals surface area contributed by atoms with Crippen LogP contribution in [0.5, 0.6) is 5.75 Å². The molecule has 1 aromatic carbocycles. The number of hydrogen-bond acceptors (Lipinski definition) is 2. The van der Waals surface area contributed by atoms with Crippen LogP contribution in [-0.4, -0.2) is 24.9 Å². The average Bonchev–Trinajstić information content (AvgIpc) is 2.36. The highest BCUT2D eigenvalue weighted by Crippen LogP contribution is 2.17. The van der Waals surface area contributed by atoms with Crippen LogP contribution in [-0.2, 0) is 4.79 Å². The van der Waals surface area contributed by atoms with Gasteiger partial charge in [-0.25, -0.2) is 0 Å². The van der Waals surface area contributed by atoms with Gasteiger partial charge in [0.15, 0.2) is 0 Å². The zero-order valence-corrected chi connectivity index (χ0v) is 12.8. The molecule has 0 bridgehead atoms. The SMILES string of the molecule is CC(C)(CCl)C(=O)NCCOc1ccc(Br)cc1. The van der Waals surface area contributed by atoms with Crippen LogP contribution in [0.4, 0.5) is 0 Å². The monoisotopic (exact) mass is 333 g/mol. The van der Waals surface area contributed by atoms with E-state index in [9.17, 15) is 4.79 Å². The molecule has 0 atom stereocenters. The molecule has 0 saturated carbocycles. The predicted molar refractivity (Wildman–Crippen MR) is 77.1 cm³/mol. The van der Waals surface area contributed by atoms with Crippen molar-refractivity contribution in [2.45, 2.75) is 13.8 Å². The maximum absolute atomic E-state index is 11.7. The molecule has 3 nitrogen and oxygen atoms in total. The van der Waals surface area contributed by atoms with Crippen molar-refractivity contribution < 1.29 is 9.53 Å². The molecule has 0 aliphatic rings. The van der Waals surface area contributed by atoms with E-state index in [-0.39, 0.29) is 5.91 Å². The number of rotatable bonds is 6. The third-order valence-corrected chi connectivity index (χ3v) is 3.62. The second-order valence-electron chi connectivity index (χ2n) is 4.58. The summed E-state index contributed by atoms with van der Waals surface area (Å²) in [5.74, 6) is 1.02. The van der Waals surface area contributed by atoms with E-state index in [0.717, 1.165) is 10.2 Å². The highest BCUT2D eigenvalue weighted by molar-refractivity contribution is 9.10. The summed E-state index contributed by atoms with van der Waals surface area (Å²) in [4.78, 5) is 11.7. The van der Waals surface area contributed by atoms with Crippen LogP contribution >= 0.6 is 27.5 Å². The summed E-state index contributed by atoms with van der Waals surface area (Å²) in [6.07, 6.45) is 0. The van der Waals surface area contributed by atoms with E-state index >= 15 is 0 Å². The van der Waals surface area contributed by atoms with Crippen molar-refractivity contribution in [2.75, 3.05) is 19.0 Å². The first kappa shape index (κ1) is 15.3. The number of hydrogen-bond donors (Lipinski definition) is 1. The molecule has 0 fully saturated rings. The lowest BCUT2D eigenvalue weighted by Crippen LogP contribution is -2.39. The van der Waals surface area contributed by atoms with Crippen LogP contribution in [0.2, 0.25) is 0 Å². The molecule has 0 saturated heterocycles. The lowest BCUT2D eigenvalue weighted by molar-refractivity contribution is -0.128. The van der Waals surface area contributed by atoms with Gasteiger partial charge in [0.1, 0.15) is 12.4 Å². The van der Waals surface area contributed by atoms with E-state index in [4.69, 9.17) is 16.3 Å². The van der Waals surface area contributed by atoms with E-state index in [1.807, 2.05) is 38.1 Å². The maximum atomic E-state index is 11.7. The first-order valence-corrected chi connectivity index (χ1v) is 7.01. The zero-order chi connectivity index (χ0) is 13.6. The molecule has 0 heterocycles. The highest BCUT2D eigenvalue weighted by atomic mass is 79.9. The normalized spacial score (nSPS) is 11.1. The van der Waals surface area contributed by atoms with Gasteiger partial charge in [-0.2, -0.15) is 0 Å². The molecular formula is C13H17BrClNO2. The van der Waals surface area contributed by atoms with Gasteiger partial charge in [-0.1, -0.05) is 15.9 Å². The molecule has 1 rings (SSSR count). The third kappa shape index (κ3) is 4.86. The Morgan fingerprint density at radius 3 is 2.56 bits per heavy atom. The Kier molecular flexibility index (Phi) is 5.96. The van der Waals surface area contributed by atoms with Crippen LogP contribution in [0, 0.1) is 5.41 Å². The highest BCUT2D eigenvalue weighted by Gasteiger charge is 2.25. The van der Waals surface area contributed by atoms with E-state index in [1.165, 1.54) is 0 Å². The molecule has 18 heavy (non-hydrogen) atoms. The molecule has 100 valence electrons. The number of ether oxygens (including phenoxy) is 1. The smallest absolute Gasteiger partial charge is 0.226 e. The predicted octanol–water partition coefficient (Wildman–Crippen LogP) is 3.21. The Balaban J connectivity index is 2.27. The molecule has 0 spiro atoms. The van der Waals surface area contributed by atoms with Gasteiger partial charge in [0.25, 0.3) is 0 Å². The Bertz CT molecular complexity index is 392. The number of halogens is 2. The summed E-state index contributed by atoms with van der Waals surface area (Å²) < 4.78 is 6.50. The van der Waals surface area contributed by atoms with E-state index in [2.05, 4.69) is 21.2 Å². The Morgan fingerprint density at radius 2 is 2.00 bits per heavy atom. The molecule has 1 amide bonds. The summed E-state index contributed by atoms with van der Waals surface area (Å²) >= 11 is 9.07. The van der Waals surface area contributed by atoms with Gasteiger partial charge in [-0.15, -0.1) is 11.6 Å². The van der Waals surface area contributed by atoms with Crippen LogP contribution in [0.25, 0.3) is 0 Å². The summed E-state index contributed by atoms with van der Waals surface area (Å²) in [7, 11) is 0. The van der Waals surface area contributed by atoms with Crippen molar-refractivity contribution in [1.29, 1.82) is 0 Å². The number of alkyl halides is 1. The molecule has 1 aromatic rings. The molecule has 0 aliphatic carbocycles. The minimum absolute atomic E-state index is 0.0584. The van der Waals surface area contributed by atoms with Crippen LogP contribution in [0.15, 0.2) is 28.7 Å². The lowest BCUT2D eigenvalue weighted by atomic mass is 9.95. The van der Waals surface area contributed by atoms with E-state index in [0.29, 0.717) is 19.0 Å². The minimum Gasteiger partial charge on any atom is -0.492 e. The Morgan fingerprint density at radius 1 is 1.39 bits per heavy atom. The summed E-state index contributed by atoms with van der Waals surface area (Å²) in [6.45, 7) is 4.52. The summed E-state index contributed by atoms with van der Waals surface area (Å²) in [5.41, 5.74) is -0.542. The zero-order valence-electron chi connectivity index (χ0n) is 10.5. The largest absolute Gasteiger partial charge is 0.492 e. The standard InChI is InChI=1S/C13H17BrClNO2/c1-13(2,9-15)12(17)16-7-8-18-11-5-3-10(14)4-6-11/h3-6H,7-9H2,1-2H3,(H,16,17). The van der Waals surface area contributed by atoms with Gasteiger partial charge in [0.2, 0.25) is 5.91 Å². The second kappa shape index (κ2) is 7.00. The van der Waals surface area contributed by atoms with Crippen molar-refractivity contribution in [3.8, 4) is 5.75 Å². The summed E-state index contributed by atoms with van der Waals surface area (Å²) in [6, 6.07) is 7.55. The molecule has 0 radical (unpaired) electrons. The van der Waals surface area contributed by atoms with Crippen molar-refractivity contribution >= 4 is 33.4 Å².